The van der Waals surface area contributed by atoms with E-state index in [0.717, 1.165) is 5.56 Å². The summed E-state index contributed by atoms with van der Waals surface area (Å²) in [5, 5.41) is 7.06. The van der Waals surface area contributed by atoms with Gasteiger partial charge in [0.2, 0.25) is 0 Å². The lowest BCUT2D eigenvalue weighted by atomic mass is 10.2. The molecule has 17 heavy (non-hydrogen) atoms. The second-order valence-corrected chi connectivity index (χ2v) is 3.91. The molecule has 0 bridgehead atoms. The third kappa shape index (κ3) is 3.00. The van der Waals surface area contributed by atoms with Crippen molar-refractivity contribution >= 4 is 17.9 Å². The van der Waals surface area contributed by atoms with Crippen molar-refractivity contribution in [3.63, 3.8) is 0 Å². The van der Waals surface area contributed by atoms with E-state index >= 15 is 0 Å². The van der Waals surface area contributed by atoms with Crippen LogP contribution in [0, 0.1) is 5.41 Å². The molecule has 2 rings (SSSR count). The summed E-state index contributed by atoms with van der Waals surface area (Å²) in [7, 11) is 0. The highest BCUT2D eigenvalue weighted by Gasteiger charge is 2.24. The van der Waals surface area contributed by atoms with Gasteiger partial charge in [0.15, 0.2) is 0 Å². The number of aliphatic imine (C=N–C) groups is 1. The van der Waals surface area contributed by atoms with E-state index in [1.807, 2.05) is 30.3 Å². The molecule has 1 N–H and O–H groups in total. The van der Waals surface area contributed by atoms with Crippen molar-refractivity contribution in [2.24, 2.45) is 4.99 Å². The molecule has 0 amide bonds. The quantitative estimate of drug-likeness (QED) is 0.635. The number of ether oxygens (including phenoxy) is 1. The van der Waals surface area contributed by atoms with Gasteiger partial charge in [-0.25, -0.2) is 4.79 Å². The zero-order valence-corrected chi connectivity index (χ0v) is 9.43. The number of carbonyl (C=O) groups is 1. The van der Waals surface area contributed by atoms with Gasteiger partial charge in [0.25, 0.3) is 0 Å². The van der Waals surface area contributed by atoms with Crippen LogP contribution in [0.25, 0.3) is 0 Å². The van der Waals surface area contributed by atoms with Crippen LogP contribution in [0.5, 0.6) is 0 Å². The zero-order valence-electron chi connectivity index (χ0n) is 9.43. The fourth-order valence-electron chi connectivity index (χ4n) is 1.72. The Balaban J connectivity index is 1.86. The van der Waals surface area contributed by atoms with Crippen molar-refractivity contribution < 1.29 is 9.53 Å². The summed E-state index contributed by atoms with van der Waals surface area (Å²) in [5.74, 6) is -0.300. The van der Waals surface area contributed by atoms with E-state index in [1.165, 1.54) is 6.21 Å². The summed E-state index contributed by atoms with van der Waals surface area (Å²) in [5.41, 5.74) is 1.64. The fraction of sp³-hybridized carbons (Fsp3) is 0.308. The Labute approximate surface area is 99.8 Å². The maximum Gasteiger partial charge on any atom is 0.331 e. The summed E-state index contributed by atoms with van der Waals surface area (Å²) in [4.78, 5) is 15.8. The lowest BCUT2D eigenvalue weighted by molar-refractivity contribution is -0.146. The number of nitrogens with zero attached hydrogens (tertiary/aromatic N) is 1. The van der Waals surface area contributed by atoms with E-state index in [1.54, 1.807) is 0 Å². The predicted octanol–water partition coefficient (Wildman–Crippen LogP) is 1.98. The minimum atomic E-state index is -0.421. The normalized spacial score (nSPS) is 18.6. The number of hydrogen-bond donors (Lipinski definition) is 1. The number of benzene rings is 1. The molecule has 1 aliphatic heterocycles. The van der Waals surface area contributed by atoms with Crippen molar-refractivity contribution in [3.05, 3.63) is 35.9 Å². The lowest BCUT2D eigenvalue weighted by Crippen LogP contribution is -2.18. The molecule has 0 aromatic heterocycles. The minimum Gasteiger partial charge on any atom is -0.459 e. The molecule has 0 fully saturated rings. The maximum atomic E-state index is 11.7. The molecule has 0 spiro atoms. The first-order valence-corrected chi connectivity index (χ1v) is 5.57. The van der Waals surface area contributed by atoms with Gasteiger partial charge in [-0.3, -0.25) is 4.99 Å². The Bertz CT molecular complexity index is 440. The molecule has 1 atom stereocenters. The molecule has 4 nitrogen and oxygen atoms in total. The highest BCUT2D eigenvalue weighted by molar-refractivity contribution is 6.30. The first kappa shape index (κ1) is 11.5. The summed E-state index contributed by atoms with van der Waals surface area (Å²) < 4.78 is 5.18. The van der Waals surface area contributed by atoms with Crippen LogP contribution in [0.15, 0.2) is 35.3 Å². The first-order valence-electron chi connectivity index (χ1n) is 5.57. The molecule has 88 valence electrons. The maximum absolute atomic E-state index is 11.7. The topological polar surface area (TPSA) is 62.5 Å². The average molecular weight is 230 g/mol. The number of nitrogens with one attached hydrogen (secondary N) is 1. The van der Waals surface area contributed by atoms with E-state index in [2.05, 4.69) is 4.99 Å². The average Bonchev–Trinajstić information content (AvgIpc) is 2.86. The predicted molar refractivity (Wildman–Crippen MR) is 65.5 cm³/mol. The van der Waals surface area contributed by atoms with Gasteiger partial charge in [0, 0.05) is 6.21 Å². The van der Waals surface area contributed by atoms with Crippen LogP contribution in [-0.2, 0) is 16.1 Å². The molecule has 0 saturated heterocycles. The van der Waals surface area contributed by atoms with Gasteiger partial charge in [-0.15, -0.1) is 0 Å². The third-order valence-corrected chi connectivity index (χ3v) is 2.66. The summed E-state index contributed by atoms with van der Waals surface area (Å²) in [6, 6.07) is 9.13. The molecular weight excluding hydrogens is 216 g/mol. The summed E-state index contributed by atoms with van der Waals surface area (Å²) >= 11 is 0. The minimum absolute atomic E-state index is 0.283. The number of hydrogen-bond acceptors (Lipinski definition) is 4. The summed E-state index contributed by atoms with van der Waals surface area (Å²) in [6.07, 6.45) is 2.54. The van der Waals surface area contributed by atoms with Crippen molar-refractivity contribution in [2.75, 3.05) is 0 Å². The van der Waals surface area contributed by atoms with E-state index in [0.29, 0.717) is 18.6 Å². The van der Waals surface area contributed by atoms with E-state index in [9.17, 15) is 4.79 Å². The number of rotatable bonds is 4. The van der Waals surface area contributed by atoms with Crippen LogP contribution < -0.4 is 0 Å². The summed E-state index contributed by atoms with van der Waals surface area (Å²) in [6.45, 7) is 0.283. The van der Waals surface area contributed by atoms with Gasteiger partial charge in [0.05, 0.1) is 5.71 Å². The number of carbonyl (C=O) groups excluding carboxylic acids is 1. The Morgan fingerprint density at radius 2 is 2.24 bits per heavy atom. The Hall–Kier alpha value is -1.97. The van der Waals surface area contributed by atoms with Crippen LogP contribution in [0.1, 0.15) is 18.4 Å². The molecule has 1 heterocycles. The molecule has 0 radical (unpaired) electrons. The largest absolute Gasteiger partial charge is 0.459 e. The van der Waals surface area contributed by atoms with Crippen LogP contribution >= 0.6 is 0 Å². The second kappa shape index (κ2) is 5.39. The van der Waals surface area contributed by atoms with Gasteiger partial charge in [0.1, 0.15) is 12.6 Å². The lowest BCUT2D eigenvalue weighted by Gasteiger charge is -2.07. The zero-order chi connectivity index (χ0) is 12.1. The van der Waals surface area contributed by atoms with E-state index in [4.69, 9.17) is 10.1 Å². The molecular formula is C13H14N2O2. The molecule has 1 aromatic carbocycles. The van der Waals surface area contributed by atoms with Gasteiger partial charge in [-0.05, 0) is 18.4 Å². The van der Waals surface area contributed by atoms with Gasteiger partial charge >= 0.3 is 5.97 Å². The van der Waals surface area contributed by atoms with Crippen molar-refractivity contribution in [2.45, 2.75) is 25.5 Å². The van der Waals surface area contributed by atoms with Gasteiger partial charge in [-0.2, -0.15) is 0 Å². The highest BCUT2D eigenvalue weighted by atomic mass is 16.5. The van der Waals surface area contributed by atoms with Crippen LogP contribution in [0.2, 0.25) is 0 Å². The third-order valence-electron chi connectivity index (χ3n) is 2.66. The standard InChI is InChI=1S/C13H14N2O2/c14-8-11-6-7-12(15-11)13(16)17-9-10-4-2-1-3-5-10/h1-5,8,12,14H,6-7,9H2/t12-/m0/s1. The van der Waals surface area contributed by atoms with Gasteiger partial charge in [-0.1, -0.05) is 30.3 Å². The monoisotopic (exact) mass is 230 g/mol. The number of esters is 1. The fourth-order valence-corrected chi connectivity index (χ4v) is 1.72. The van der Waals surface area contributed by atoms with E-state index in [-0.39, 0.29) is 12.6 Å². The van der Waals surface area contributed by atoms with Crippen LogP contribution in [0.4, 0.5) is 0 Å². The smallest absolute Gasteiger partial charge is 0.331 e. The Morgan fingerprint density at radius 3 is 2.88 bits per heavy atom. The molecule has 0 saturated carbocycles. The first-order chi connectivity index (χ1) is 8.29. The Kier molecular flexibility index (Phi) is 3.65. The van der Waals surface area contributed by atoms with Crippen molar-refractivity contribution in [3.8, 4) is 0 Å². The van der Waals surface area contributed by atoms with E-state index < -0.39 is 6.04 Å². The Morgan fingerprint density at radius 1 is 1.47 bits per heavy atom. The van der Waals surface area contributed by atoms with Crippen molar-refractivity contribution in [1.29, 1.82) is 5.41 Å². The molecule has 1 aliphatic rings. The van der Waals surface area contributed by atoms with Crippen LogP contribution in [-0.4, -0.2) is 23.9 Å². The molecule has 4 heteroatoms. The van der Waals surface area contributed by atoms with Gasteiger partial charge < -0.3 is 10.1 Å². The molecule has 1 aromatic rings. The molecule has 0 unspecified atom stereocenters. The SMILES string of the molecule is N=CC1=N[C@H](C(=O)OCc2ccccc2)CC1. The highest BCUT2D eigenvalue weighted by Crippen LogP contribution is 2.14. The molecule has 0 aliphatic carbocycles. The van der Waals surface area contributed by atoms with Crippen molar-refractivity contribution in [1.82, 2.24) is 0 Å². The van der Waals surface area contributed by atoms with Crippen LogP contribution in [0.3, 0.4) is 0 Å². The second-order valence-electron chi connectivity index (χ2n) is 3.91.